The van der Waals surface area contributed by atoms with Crippen LogP contribution in [0.3, 0.4) is 0 Å². The summed E-state index contributed by atoms with van der Waals surface area (Å²) in [5.74, 6) is 0.362. The Hall–Kier alpha value is -1.55. The molecule has 0 aliphatic heterocycles. The van der Waals surface area contributed by atoms with E-state index in [4.69, 9.17) is 0 Å². The van der Waals surface area contributed by atoms with Crippen LogP contribution in [-0.2, 0) is 0 Å². The van der Waals surface area contributed by atoms with Gasteiger partial charge in [-0.25, -0.2) is 4.79 Å². The predicted molar refractivity (Wildman–Crippen MR) is 92.4 cm³/mol. The first-order valence-electron chi connectivity index (χ1n) is 8.02. The fourth-order valence-corrected chi connectivity index (χ4v) is 2.35. The molecule has 0 saturated heterocycles. The number of aryl methyl sites for hydroxylation is 1. The average molecular weight is 306 g/mol. The molecule has 2 amide bonds. The summed E-state index contributed by atoms with van der Waals surface area (Å²) in [6.07, 6.45) is 1.73. The van der Waals surface area contributed by atoms with Crippen LogP contribution in [0, 0.1) is 12.3 Å². The first kappa shape index (κ1) is 18.5. The average Bonchev–Trinajstić information content (AvgIpc) is 2.45. The Morgan fingerprint density at radius 3 is 2.59 bits per heavy atom. The molecular weight excluding hydrogens is 276 g/mol. The monoisotopic (exact) mass is 306 g/mol. The number of urea groups is 1. The van der Waals surface area contributed by atoms with Crippen molar-refractivity contribution in [3.8, 4) is 0 Å². The molecule has 0 fully saturated rings. The number of benzene rings is 1. The zero-order chi connectivity index (χ0) is 16.8. The van der Waals surface area contributed by atoms with Crippen LogP contribution < -0.4 is 10.6 Å². The van der Waals surface area contributed by atoms with E-state index in [1.165, 1.54) is 0 Å². The highest BCUT2D eigenvalue weighted by Crippen LogP contribution is 2.27. The van der Waals surface area contributed by atoms with Crippen LogP contribution in [0.1, 0.15) is 57.6 Å². The summed E-state index contributed by atoms with van der Waals surface area (Å²) in [7, 11) is 0. The number of aliphatic hydroxyl groups excluding tert-OH is 1. The van der Waals surface area contributed by atoms with Gasteiger partial charge in [0.25, 0.3) is 0 Å². The molecule has 124 valence electrons. The number of carbonyl (C=O) groups is 1. The lowest BCUT2D eigenvalue weighted by atomic mass is 9.89. The van der Waals surface area contributed by atoms with Crippen LogP contribution >= 0.6 is 0 Å². The first-order valence-corrected chi connectivity index (χ1v) is 8.02. The van der Waals surface area contributed by atoms with Crippen LogP contribution in [0.15, 0.2) is 18.2 Å². The molecule has 0 heterocycles. The van der Waals surface area contributed by atoms with E-state index in [-0.39, 0.29) is 18.1 Å². The zero-order valence-corrected chi connectivity index (χ0v) is 14.5. The van der Waals surface area contributed by atoms with Crippen molar-refractivity contribution in [3.63, 3.8) is 0 Å². The van der Waals surface area contributed by atoms with E-state index in [9.17, 15) is 9.90 Å². The number of rotatable bonds is 7. The highest BCUT2D eigenvalue weighted by Gasteiger charge is 2.16. The summed E-state index contributed by atoms with van der Waals surface area (Å²) < 4.78 is 0. The lowest BCUT2D eigenvalue weighted by molar-refractivity contribution is 0.148. The molecule has 1 aromatic carbocycles. The van der Waals surface area contributed by atoms with Crippen molar-refractivity contribution in [2.75, 3.05) is 18.5 Å². The molecule has 0 unspecified atom stereocenters. The van der Waals surface area contributed by atoms with Crippen LogP contribution in [-0.4, -0.2) is 24.3 Å². The first-order chi connectivity index (χ1) is 10.3. The highest BCUT2D eigenvalue weighted by atomic mass is 16.3. The molecule has 0 aliphatic rings. The Labute approximate surface area is 134 Å². The fourth-order valence-electron chi connectivity index (χ4n) is 2.35. The van der Waals surface area contributed by atoms with Crippen molar-refractivity contribution in [3.05, 3.63) is 29.3 Å². The fraction of sp³-hybridized carbons (Fsp3) is 0.611. The van der Waals surface area contributed by atoms with Crippen molar-refractivity contribution in [2.24, 2.45) is 5.41 Å². The number of hydrogen-bond acceptors (Lipinski definition) is 2. The maximum absolute atomic E-state index is 12.1. The number of aliphatic hydroxyl groups is 1. The Bertz CT molecular complexity index is 496. The Morgan fingerprint density at radius 1 is 1.32 bits per heavy atom. The van der Waals surface area contributed by atoms with Gasteiger partial charge in [0.05, 0.1) is 0 Å². The molecule has 0 radical (unpaired) electrons. The smallest absolute Gasteiger partial charge is 0.319 e. The van der Waals surface area contributed by atoms with E-state index in [2.05, 4.69) is 30.5 Å². The van der Waals surface area contributed by atoms with Gasteiger partial charge in [-0.3, -0.25) is 0 Å². The summed E-state index contributed by atoms with van der Waals surface area (Å²) in [4.78, 5) is 12.1. The van der Waals surface area contributed by atoms with Gasteiger partial charge >= 0.3 is 6.03 Å². The SMILES string of the molecule is Cc1cccc(C(C)C)c1NC(=O)NCCCC(C)(C)CO. The minimum absolute atomic E-state index is 0.0843. The Morgan fingerprint density at radius 2 is 2.00 bits per heavy atom. The largest absolute Gasteiger partial charge is 0.396 e. The molecule has 0 saturated carbocycles. The van der Waals surface area contributed by atoms with Gasteiger partial charge in [-0.2, -0.15) is 0 Å². The van der Waals surface area contributed by atoms with Crippen LogP contribution in [0.25, 0.3) is 0 Å². The molecule has 4 nitrogen and oxygen atoms in total. The van der Waals surface area contributed by atoms with E-state index in [1.54, 1.807) is 0 Å². The van der Waals surface area contributed by atoms with Crippen LogP contribution in [0.5, 0.6) is 0 Å². The van der Waals surface area contributed by atoms with E-state index in [0.29, 0.717) is 12.5 Å². The van der Waals surface area contributed by atoms with E-state index < -0.39 is 0 Å². The minimum atomic E-state index is -0.169. The number of hydrogen-bond donors (Lipinski definition) is 3. The molecule has 1 aromatic rings. The van der Waals surface area contributed by atoms with Crippen molar-refractivity contribution < 1.29 is 9.90 Å². The Kier molecular flexibility index (Phi) is 6.88. The van der Waals surface area contributed by atoms with Crippen LogP contribution in [0.4, 0.5) is 10.5 Å². The molecule has 1 rings (SSSR count). The molecule has 4 heteroatoms. The van der Waals surface area contributed by atoms with E-state index in [0.717, 1.165) is 29.7 Å². The van der Waals surface area contributed by atoms with Gasteiger partial charge in [0.1, 0.15) is 0 Å². The van der Waals surface area contributed by atoms with Crippen molar-refractivity contribution in [1.82, 2.24) is 5.32 Å². The van der Waals surface area contributed by atoms with Gasteiger partial charge < -0.3 is 15.7 Å². The Balaban J connectivity index is 2.53. The number of carbonyl (C=O) groups excluding carboxylic acids is 1. The van der Waals surface area contributed by atoms with Crippen molar-refractivity contribution in [1.29, 1.82) is 0 Å². The van der Waals surface area contributed by atoms with Gasteiger partial charge in [-0.05, 0) is 42.2 Å². The third kappa shape index (κ3) is 5.68. The lowest BCUT2D eigenvalue weighted by Gasteiger charge is -2.21. The second-order valence-corrected chi connectivity index (χ2v) is 7.00. The van der Waals surface area contributed by atoms with Gasteiger partial charge in [0.15, 0.2) is 0 Å². The maximum atomic E-state index is 12.1. The van der Waals surface area contributed by atoms with Crippen molar-refractivity contribution >= 4 is 11.7 Å². The summed E-state index contributed by atoms with van der Waals surface area (Å²) in [5.41, 5.74) is 3.05. The topological polar surface area (TPSA) is 61.4 Å². The van der Waals surface area contributed by atoms with E-state index >= 15 is 0 Å². The van der Waals surface area contributed by atoms with Gasteiger partial charge in [0, 0.05) is 18.8 Å². The summed E-state index contributed by atoms with van der Waals surface area (Å²) in [6.45, 7) is 11.1. The number of nitrogens with one attached hydrogen (secondary N) is 2. The number of para-hydroxylation sites is 1. The third-order valence-corrected chi connectivity index (χ3v) is 3.91. The molecule has 0 spiro atoms. The highest BCUT2D eigenvalue weighted by molar-refractivity contribution is 5.91. The molecule has 0 aliphatic carbocycles. The predicted octanol–water partition coefficient (Wildman–Crippen LogP) is 4.04. The summed E-state index contributed by atoms with van der Waals surface area (Å²) in [6, 6.07) is 5.91. The van der Waals surface area contributed by atoms with Gasteiger partial charge in [-0.1, -0.05) is 45.9 Å². The normalized spacial score (nSPS) is 11.6. The summed E-state index contributed by atoms with van der Waals surface area (Å²) in [5, 5.41) is 15.1. The molecule has 3 N–H and O–H groups in total. The zero-order valence-electron chi connectivity index (χ0n) is 14.5. The molecule has 0 aromatic heterocycles. The molecule has 22 heavy (non-hydrogen) atoms. The standard InChI is InChI=1S/C18H30N2O2/c1-13(2)15-9-6-8-14(3)16(15)20-17(22)19-11-7-10-18(4,5)12-21/h6,8-9,13,21H,7,10-12H2,1-5H3,(H2,19,20,22). The molecule has 0 atom stereocenters. The molecular formula is C18H30N2O2. The summed E-state index contributed by atoms with van der Waals surface area (Å²) >= 11 is 0. The molecule has 0 bridgehead atoms. The van der Waals surface area contributed by atoms with Gasteiger partial charge in [0.2, 0.25) is 0 Å². The lowest BCUT2D eigenvalue weighted by Crippen LogP contribution is -2.31. The third-order valence-electron chi connectivity index (χ3n) is 3.91. The second kappa shape index (κ2) is 8.18. The maximum Gasteiger partial charge on any atom is 0.319 e. The van der Waals surface area contributed by atoms with Crippen molar-refractivity contribution in [2.45, 2.75) is 53.4 Å². The minimum Gasteiger partial charge on any atom is -0.396 e. The van der Waals surface area contributed by atoms with Gasteiger partial charge in [-0.15, -0.1) is 0 Å². The number of amides is 2. The second-order valence-electron chi connectivity index (χ2n) is 7.00. The van der Waals surface area contributed by atoms with E-state index in [1.807, 2.05) is 32.9 Å². The van der Waals surface area contributed by atoms with Crippen LogP contribution in [0.2, 0.25) is 0 Å². The quantitative estimate of drug-likeness (QED) is 0.666. The number of anilines is 1.